The van der Waals surface area contributed by atoms with Gasteiger partial charge in [-0.15, -0.1) is 0 Å². The highest BCUT2D eigenvalue weighted by molar-refractivity contribution is 5.83. The summed E-state index contributed by atoms with van der Waals surface area (Å²) in [5.41, 5.74) is 2.41. The summed E-state index contributed by atoms with van der Waals surface area (Å²) in [6.07, 6.45) is 5.16. The first kappa shape index (κ1) is 25.1. The number of benzene rings is 1. The fourth-order valence-electron chi connectivity index (χ4n) is 3.96. The summed E-state index contributed by atoms with van der Waals surface area (Å²) in [6, 6.07) is 8.47. The summed E-state index contributed by atoms with van der Waals surface area (Å²) >= 11 is 0. The van der Waals surface area contributed by atoms with Crippen LogP contribution in [0.5, 0.6) is 0 Å². The van der Waals surface area contributed by atoms with E-state index in [1.807, 2.05) is 6.92 Å². The van der Waals surface area contributed by atoms with E-state index < -0.39 is 0 Å². The molecule has 1 saturated heterocycles. The summed E-state index contributed by atoms with van der Waals surface area (Å²) in [7, 11) is 2.27. The Morgan fingerprint density at radius 3 is 2.32 bits per heavy atom. The Morgan fingerprint density at radius 2 is 1.79 bits per heavy atom. The van der Waals surface area contributed by atoms with Crippen molar-refractivity contribution < 1.29 is 38.0 Å². The van der Waals surface area contributed by atoms with Crippen LogP contribution in [0.4, 0.5) is 0 Å². The quantitative estimate of drug-likeness (QED) is 0.233. The van der Waals surface area contributed by atoms with E-state index in [1.54, 1.807) is 0 Å². The number of halogens is 1. The lowest BCUT2D eigenvalue weighted by molar-refractivity contribution is -0.914. The smallest absolute Gasteiger partial charge is 0.227 e. The number of rotatable bonds is 9. The number of nitrogens with one attached hydrogen (secondary N) is 1. The highest BCUT2D eigenvalue weighted by atomic mass is 127. The van der Waals surface area contributed by atoms with Crippen molar-refractivity contribution in [1.82, 2.24) is 5.32 Å². The largest absolute Gasteiger partial charge is 1.00 e. The molecule has 0 unspecified atom stereocenters. The van der Waals surface area contributed by atoms with Gasteiger partial charge in [-0.05, 0) is 30.4 Å². The molecule has 0 spiro atoms. The SMILES string of the molecule is CC(C)Cc1ccc([C@@H](C)C(=O)NCCC[N+]2(C)CCC(C=O)CC2)cc1.[I-]. The third kappa shape index (κ3) is 7.82. The third-order valence-electron chi connectivity index (χ3n) is 5.96. The first-order valence-corrected chi connectivity index (χ1v) is 10.5. The monoisotopic (exact) mass is 500 g/mol. The minimum Gasteiger partial charge on any atom is -1.00 e. The zero-order chi connectivity index (χ0) is 19.9. The van der Waals surface area contributed by atoms with E-state index in [-0.39, 0.29) is 41.7 Å². The van der Waals surface area contributed by atoms with E-state index >= 15 is 0 Å². The molecule has 2 rings (SSSR count). The van der Waals surface area contributed by atoms with Crippen molar-refractivity contribution in [3.05, 3.63) is 35.4 Å². The molecule has 0 saturated carbocycles. The highest BCUT2D eigenvalue weighted by Gasteiger charge is 2.29. The Kier molecular flexibility index (Phi) is 10.7. The van der Waals surface area contributed by atoms with Crippen LogP contribution in [0.1, 0.15) is 57.1 Å². The Morgan fingerprint density at radius 1 is 1.18 bits per heavy atom. The molecule has 0 bridgehead atoms. The standard InChI is InChI=1S/C23H36N2O2.HI/c1-18(2)16-20-6-8-22(9-7-20)19(3)23(27)24-12-5-13-25(4)14-10-21(17-26)11-15-25;/h6-9,17-19,21H,5,10-16H2,1-4H3;1H/t19-,21?,25?;/m1./s1. The minimum atomic E-state index is -0.119. The Bertz CT molecular complexity index is 608. The molecule has 1 aliphatic rings. The van der Waals surface area contributed by atoms with Crippen LogP contribution < -0.4 is 29.3 Å². The van der Waals surface area contributed by atoms with Gasteiger partial charge < -0.3 is 38.6 Å². The molecule has 1 atom stereocenters. The number of carbonyl (C=O) groups excluding carboxylic acids is 2. The molecular formula is C23H37IN2O2. The van der Waals surface area contributed by atoms with Crippen LogP contribution in [0.2, 0.25) is 0 Å². The minimum absolute atomic E-state index is 0. The average molecular weight is 500 g/mol. The van der Waals surface area contributed by atoms with Crippen molar-refractivity contribution in [2.75, 3.05) is 33.2 Å². The van der Waals surface area contributed by atoms with Gasteiger partial charge >= 0.3 is 0 Å². The maximum Gasteiger partial charge on any atom is 0.227 e. The Hall–Kier alpha value is -0.950. The molecule has 1 amide bonds. The number of likely N-dealkylation sites (tertiary alicyclic amines) is 1. The first-order chi connectivity index (χ1) is 12.8. The van der Waals surface area contributed by atoms with Crippen LogP contribution in [-0.4, -0.2) is 49.9 Å². The van der Waals surface area contributed by atoms with Gasteiger partial charge in [-0.2, -0.15) is 0 Å². The molecule has 1 fully saturated rings. The highest BCUT2D eigenvalue weighted by Crippen LogP contribution is 2.21. The van der Waals surface area contributed by atoms with Crippen LogP contribution in [0.25, 0.3) is 0 Å². The first-order valence-electron chi connectivity index (χ1n) is 10.5. The normalized spacial score (nSPS) is 23.0. The third-order valence-corrected chi connectivity index (χ3v) is 5.96. The van der Waals surface area contributed by atoms with E-state index in [9.17, 15) is 9.59 Å². The number of hydrogen-bond acceptors (Lipinski definition) is 2. The van der Waals surface area contributed by atoms with Crippen molar-refractivity contribution in [2.45, 2.75) is 52.4 Å². The molecule has 1 N–H and O–H groups in total. The van der Waals surface area contributed by atoms with Gasteiger partial charge in [-0.3, -0.25) is 4.79 Å². The van der Waals surface area contributed by atoms with Crippen molar-refractivity contribution in [3.63, 3.8) is 0 Å². The van der Waals surface area contributed by atoms with Gasteiger partial charge in [-0.1, -0.05) is 38.1 Å². The van der Waals surface area contributed by atoms with Crippen molar-refractivity contribution in [3.8, 4) is 0 Å². The number of amides is 1. The number of nitrogens with zero attached hydrogens (tertiary/aromatic N) is 1. The maximum absolute atomic E-state index is 12.5. The molecule has 1 aliphatic heterocycles. The number of quaternary nitrogens is 1. The molecule has 5 heteroatoms. The van der Waals surface area contributed by atoms with Crippen LogP contribution >= 0.6 is 0 Å². The van der Waals surface area contributed by atoms with E-state index in [4.69, 9.17) is 0 Å². The number of hydrogen-bond donors (Lipinski definition) is 1. The zero-order valence-electron chi connectivity index (χ0n) is 17.9. The van der Waals surface area contributed by atoms with Gasteiger partial charge in [0.2, 0.25) is 5.91 Å². The Labute approximate surface area is 188 Å². The summed E-state index contributed by atoms with van der Waals surface area (Å²) in [6.45, 7) is 10.3. The number of aldehydes is 1. The van der Waals surface area contributed by atoms with E-state index in [0.29, 0.717) is 5.92 Å². The summed E-state index contributed by atoms with van der Waals surface area (Å²) in [4.78, 5) is 23.4. The fourth-order valence-corrected chi connectivity index (χ4v) is 3.96. The van der Waals surface area contributed by atoms with Crippen molar-refractivity contribution >= 4 is 12.2 Å². The molecule has 4 nitrogen and oxygen atoms in total. The average Bonchev–Trinajstić information content (AvgIpc) is 2.65. The molecule has 1 aromatic carbocycles. The van der Waals surface area contributed by atoms with Gasteiger partial charge in [0.05, 0.1) is 32.6 Å². The summed E-state index contributed by atoms with van der Waals surface area (Å²) < 4.78 is 1.02. The second kappa shape index (κ2) is 11.9. The van der Waals surface area contributed by atoms with Crippen LogP contribution in [0.3, 0.4) is 0 Å². The number of piperidine rings is 1. The molecule has 1 aromatic rings. The molecule has 0 aliphatic carbocycles. The van der Waals surface area contributed by atoms with Gasteiger partial charge in [0.1, 0.15) is 6.29 Å². The van der Waals surface area contributed by atoms with Gasteiger partial charge in [0, 0.05) is 31.7 Å². The van der Waals surface area contributed by atoms with Crippen molar-refractivity contribution in [2.24, 2.45) is 11.8 Å². The maximum atomic E-state index is 12.5. The fraction of sp³-hybridized carbons (Fsp3) is 0.652. The molecule has 158 valence electrons. The summed E-state index contributed by atoms with van der Waals surface area (Å²) in [5.74, 6) is 0.883. The summed E-state index contributed by atoms with van der Waals surface area (Å²) in [5, 5.41) is 3.10. The van der Waals surface area contributed by atoms with Crippen LogP contribution in [-0.2, 0) is 16.0 Å². The van der Waals surface area contributed by atoms with Crippen molar-refractivity contribution in [1.29, 1.82) is 0 Å². The van der Waals surface area contributed by atoms with Crippen LogP contribution in [0.15, 0.2) is 24.3 Å². The lowest BCUT2D eigenvalue weighted by Gasteiger charge is -2.39. The van der Waals surface area contributed by atoms with E-state index in [1.165, 1.54) is 5.56 Å². The lowest BCUT2D eigenvalue weighted by Crippen LogP contribution is -3.00. The second-order valence-corrected chi connectivity index (χ2v) is 8.97. The molecule has 28 heavy (non-hydrogen) atoms. The van der Waals surface area contributed by atoms with Crippen LogP contribution in [0, 0.1) is 11.8 Å². The zero-order valence-corrected chi connectivity index (χ0v) is 20.1. The number of carbonyl (C=O) groups is 2. The van der Waals surface area contributed by atoms with Gasteiger partial charge in [-0.25, -0.2) is 0 Å². The molecular weight excluding hydrogens is 463 g/mol. The molecule has 0 aromatic heterocycles. The predicted octanol–water partition coefficient (Wildman–Crippen LogP) is 0.554. The second-order valence-electron chi connectivity index (χ2n) is 8.97. The van der Waals surface area contributed by atoms with Gasteiger partial charge in [0.25, 0.3) is 0 Å². The molecule has 0 radical (unpaired) electrons. The topological polar surface area (TPSA) is 46.2 Å². The van der Waals surface area contributed by atoms with E-state index in [2.05, 4.69) is 50.5 Å². The van der Waals surface area contributed by atoms with Gasteiger partial charge in [0.15, 0.2) is 0 Å². The predicted molar refractivity (Wildman–Crippen MR) is 111 cm³/mol. The van der Waals surface area contributed by atoms with E-state index in [0.717, 1.165) is 68.2 Å². The Balaban J connectivity index is 0.00000392. The molecule has 1 heterocycles. The lowest BCUT2D eigenvalue weighted by atomic mass is 9.96.